The Bertz CT molecular complexity index is 365. The molecular weight excluding hydrogens is 243 g/mol. The van der Waals surface area contributed by atoms with E-state index >= 15 is 0 Å². The highest BCUT2D eigenvalue weighted by Crippen LogP contribution is 2.18. The first kappa shape index (κ1) is 13.9. The predicted octanol–water partition coefficient (Wildman–Crippen LogP) is 2.09. The molecule has 1 aromatic carbocycles. The first-order chi connectivity index (χ1) is 8.11. The van der Waals surface area contributed by atoms with E-state index in [-0.39, 0.29) is 11.7 Å². The molecule has 2 N–H and O–H groups in total. The number of hydrogen-bond acceptors (Lipinski definition) is 2. The van der Waals surface area contributed by atoms with E-state index < -0.39 is 0 Å². The van der Waals surface area contributed by atoms with Gasteiger partial charge in [-0.2, -0.15) is 0 Å². The standard InChI is InChI=1S/C12H16ClFN2O/c1-9(17)16-7-3-6-15-8-10-11(13)4-2-5-12(10)14/h2,4-5,15H,3,6-8H2,1H3,(H,16,17). The predicted molar refractivity (Wildman–Crippen MR) is 66.4 cm³/mol. The van der Waals surface area contributed by atoms with Gasteiger partial charge in [0.2, 0.25) is 5.91 Å². The van der Waals surface area contributed by atoms with Gasteiger partial charge in [0.1, 0.15) is 5.82 Å². The lowest BCUT2D eigenvalue weighted by Crippen LogP contribution is -2.25. The van der Waals surface area contributed by atoms with E-state index in [2.05, 4.69) is 10.6 Å². The molecule has 0 aliphatic heterocycles. The Labute approximate surface area is 105 Å². The molecule has 0 radical (unpaired) electrons. The molecule has 0 aliphatic carbocycles. The Kier molecular flexibility index (Phi) is 5.94. The average Bonchev–Trinajstić information content (AvgIpc) is 2.26. The zero-order valence-electron chi connectivity index (χ0n) is 9.72. The van der Waals surface area contributed by atoms with E-state index in [4.69, 9.17) is 11.6 Å². The number of carbonyl (C=O) groups excluding carboxylic acids is 1. The molecule has 0 aliphatic rings. The van der Waals surface area contributed by atoms with Crippen molar-refractivity contribution in [1.29, 1.82) is 0 Å². The number of rotatable bonds is 6. The van der Waals surface area contributed by atoms with Crippen molar-refractivity contribution in [1.82, 2.24) is 10.6 Å². The smallest absolute Gasteiger partial charge is 0.216 e. The van der Waals surface area contributed by atoms with Crippen molar-refractivity contribution in [2.24, 2.45) is 0 Å². The second-order valence-electron chi connectivity index (χ2n) is 3.71. The minimum Gasteiger partial charge on any atom is -0.356 e. The van der Waals surface area contributed by atoms with Gasteiger partial charge < -0.3 is 10.6 Å². The average molecular weight is 259 g/mol. The number of amides is 1. The van der Waals surface area contributed by atoms with Gasteiger partial charge in [0.05, 0.1) is 0 Å². The Morgan fingerprint density at radius 3 is 2.82 bits per heavy atom. The number of nitrogens with one attached hydrogen (secondary N) is 2. The van der Waals surface area contributed by atoms with Gasteiger partial charge in [0, 0.05) is 30.6 Å². The van der Waals surface area contributed by atoms with Crippen LogP contribution in [0.25, 0.3) is 0 Å². The molecular formula is C12H16ClFN2O. The Hall–Kier alpha value is -1.13. The van der Waals surface area contributed by atoms with E-state index in [1.54, 1.807) is 12.1 Å². The van der Waals surface area contributed by atoms with Crippen molar-refractivity contribution >= 4 is 17.5 Å². The fourth-order valence-corrected chi connectivity index (χ4v) is 1.62. The maximum Gasteiger partial charge on any atom is 0.216 e. The van der Waals surface area contributed by atoms with Crippen LogP contribution in [0, 0.1) is 5.82 Å². The number of halogens is 2. The van der Waals surface area contributed by atoms with Crippen molar-refractivity contribution in [3.8, 4) is 0 Å². The fraction of sp³-hybridized carbons (Fsp3) is 0.417. The molecule has 0 aromatic heterocycles. The quantitative estimate of drug-likeness (QED) is 0.768. The zero-order valence-corrected chi connectivity index (χ0v) is 10.5. The molecule has 1 rings (SSSR count). The van der Waals surface area contributed by atoms with Gasteiger partial charge in [0.25, 0.3) is 0 Å². The van der Waals surface area contributed by atoms with Crippen LogP contribution in [0.4, 0.5) is 4.39 Å². The van der Waals surface area contributed by atoms with Crippen LogP contribution < -0.4 is 10.6 Å². The summed E-state index contributed by atoms with van der Waals surface area (Å²) >= 11 is 5.87. The van der Waals surface area contributed by atoms with Crippen LogP contribution in [-0.4, -0.2) is 19.0 Å². The first-order valence-corrected chi connectivity index (χ1v) is 5.87. The van der Waals surface area contributed by atoms with Crippen molar-refractivity contribution in [3.05, 3.63) is 34.6 Å². The van der Waals surface area contributed by atoms with Crippen molar-refractivity contribution in [2.45, 2.75) is 19.9 Å². The summed E-state index contributed by atoms with van der Waals surface area (Å²) in [7, 11) is 0. The van der Waals surface area contributed by atoms with E-state index in [0.29, 0.717) is 30.2 Å². The summed E-state index contributed by atoms with van der Waals surface area (Å²) in [6.45, 7) is 3.19. The minimum absolute atomic E-state index is 0.0397. The Balaban J connectivity index is 2.24. The van der Waals surface area contributed by atoms with Gasteiger partial charge in [0.15, 0.2) is 0 Å². The van der Waals surface area contributed by atoms with Gasteiger partial charge in [-0.25, -0.2) is 4.39 Å². The van der Waals surface area contributed by atoms with E-state index in [1.807, 2.05) is 0 Å². The van der Waals surface area contributed by atoms with Gasteiger partial charge >= 0.3 is 0 Å². The molecule has 1 amide bonds. The van der Waals surface area contributed by atoms with E-state index in [0.717, 1.165) is 6.42 Å². The molecule has 0 fully saturated rings. The number of benzene rings is 1. The van der Waals surface area contributed by atoms with Gasteiger partial charge in [-0.1, -0.05) is 17.7 Å². The first-order valence-electron chi connectivity index (χ1n) is 5.49. The summed E-state index contributed by atoms with van der Waals surface area (Å²) in [5.41, 5.74) is 0.480. The highest BCUT2D eigenvalue weighted by atomic mass is 35.5. The molecule has 0 unspecified atom stereocenters. The second-order valence-corrected chi connectivity index (χ2v) is 4.12. The third-order valence-corrected chi connectivity index (χ3v) is 2.62. The summed E-state index contributed by atoms with van der Waals surface area (Å²) in [6.07, 6.45) is 0.797. The van der Waals surface area contributed by atoms with Crippen LogP contribution in [0.3, 0.4) is 0 Å². The lowest BCUT2D eigenvalue weighted by Gasteiger charge is -2.08. The molecule has 3 nitrogen and oxygen atoms in total. The van der Waals surface area contributed by atoms with Crippen molar-refractivity contribution in [2.75, 3.05) is 13.1 Å². The van der Waals surface area contributed by atoms with Crippen LogP contribution in [-0.2, 0) is 11.3 Å². The molecule has 0 spiro atoms. The third-order valence-electron chi connectivity index (χ3n) is 2.27. The van der Waals surface area contributed by atoms with Crippen molar-refractivity contribution < 1.29 is 9.18 Å². The molecule has 0 saturated carbocycles. The van der Waals surface area contributed by atoms with E-state index in [9.17, 15) is 9.18 Å². The second kappa shape index (κ2) is 7.25. The molecule has 0 heterocycles. The fourth-order valence-electron chi connectivity index (χ4n) is 1.39. The molecule has 0 saturated heterocycles. The monoisotopic (exact) mass is 258 g/mol. The summed E-state index contributed by atoms with van der Waals surface area (Å²) < 4.78 is 13.4. The SMILES string of the molecule is CC(=O)NCCCNCc1c(F)cccc1Cl. The van der Waals surface area contributed by atoms with E-state index in [1.165, 1.54) is 13.0 Å². The number of hydrogen-bond donors (Lipinski definition) is 2. The maximum absolute atomic E-state index is 13.4. The van der Waals surface area contributed by atoms with Crippen molar-refractivity contribution in [3.63, 3.8) is 0 Å². The normalized spacial score (nSPS) is 10.3. The van der Waals surface area contributed by atoms with Crippen LogP contribution in [0.5, 0.6) is 0 Å². The van der Waals surface area contributed by atoms with Crippen LogP contribution in [0.15, 0.2) is 18.2 Å². The Morgan fingerprint density at radius 1 is 1.41 bits per heavy atom. The molecule has 0 bridgehead atoms. The topological polar surface area (TPSA) is 41.1 Å². The summed E-state index contributed by atoms with van der Waals surface area (Å²) in [5.74, 6) is -0.339. The van der Waals surface area contributed by atoms with Crippen LogP contribution in [0.1, 0.15) is 18.9 Å². The molecule has 5 heteroatoms. The minimum atomic E-state index is -0.299. The lowest BCUT2D eigenvalue weighted by molar-refractivity contribution is -0.118. The van der Waals surface area contributed by atoms with Gasteiger partial charge in [-0.05, 0) is 25.1 Å². The summed E-state index contributed by atoms with van der Waals surface area (Å²) in [4.78, 5) is 10.6. The van der Waals surface area contributed by atoms with Crippen LogP contribution >= 0.6 is 11.6 Å². The third kappa shape index (κ3) is 5.15. The molecule has 94 valence electrons. The summed E-state index contributed by atoms with van der Waals surface area (Å²) in [5, 5.41) is 6.20. The zero-order chi connectivity index (χ0) is 12.7. The highest BCUT2D eigenvalue weighted by molar-refractivity contribution is 6.31. The van der Waals surface area contributed by atoms with Gasteiger partial charge in [-0.15, -0.1) is 0 Å². The molecule has 17 heavy (non-hydrogen) atoms. The number of carbonyl (C=O) groups is 1. The Morgan fingerprint density at radius 2 is 2.18 bits per heavy atom. The highest BCUT2D eigenvalue weighted by Gasteiger charge is 2.05. The van der Waals surface area contributed by atoms with Gasteiger partial charge in [-0.3, -0.25) is 4.79 Å². The maximum atomic E-state index is 13.4. The molecule has 1 aromatic rings. The summed E-state index contributed by atoms with van der Waals surface area (Å²) in [6, 6.07) is 4.64. The molecule has 0 atom stereocenters. The van der Waals surface area contributed by atoms with Crippen LogP contribution in [0.2, 0.25) is 5.02 Å². The largest absolute Gasteiger partial charge is 0.356 e. The lowest BCUT2D eigenvalue weighted by atomic mass is 10.2.